The van der Waals surface area contributed by atoms with Crippen LogP contribution in [0.4, 0.5) is 11.5 Å². The predicted molar refractivity (Wildman–Crippen MR) is 115 cm³/mol. The van der Waals surface area contributed by atoms with Crippen LogP contribution in [-0.4, -0.2) is 45.3 Å². The second-order valence-corrected chi connectivity index (χ2v) is 9.68. The minimum atomic E-state index is -3.61. The first-order valence-electron chi connectivity index (χ1n) is 9.98. The van der Waals surface area contributed by atoms with Crippen LogP contribution in [0.5, 0.6) is 0 Å². The number of hydrogen-bond acceptors (Lipinski definition) is 6. The zero-order valence-corrected chi connectivity index (χ0v) is 18.2. The van der Waals surface area contributed by atoms with Crippen molar-refractivity contribution in [1.82, 2.24) is 23.8 Å². The van der Waals surface area contributed by atoms with E-state index in [1.165, 1.54) is 10.6 Å². The maximum Gasteiger partial charge on any atom is 0.262 e. The van der Waals surface area contributed by atoms with Crippen molar-refractivity contribution in [3.8, 4) is 0 Å². The summed E-state index contributed by atoms with van der Waals surface area (Å²) in [7, 11) is -1.85. The van der Waals surface area contributed by atoms with E-state index in [-0.39, 0.29) is 10.9 Å². The summed E-state index contributed by atoms with van der Waals surface area (Å²) >= 11 is 0. The summed E-state index contributed by atoms with van der Waals surface area (Å²) in [4.78, 5) is 13.2. The van der Waals surface area contributed by atoms with Gasteiger partial charge in [0.2, 0.25) is 0 Å². The summed E-state index contributed by atoms with van der Waals surface area (Å²) in [6.45, 7) is 4.86. The molecule has 1 atom stereocenters. The third kappa shape index (κ3) is 4.22. The van der Waals surface area contributed by atoms with Crippen molar-refractivity contribution < 1.29 is 8.42 Å². The summed E-state index contributed by atoms with van der Waals surface area (Å²) in [5.41, 5.74) is 3.74. The molecule has 9 heteroatoms. The molecule has 0 amide bonds. The number of anilines is 2. The minimum Gasteiger partial charge on any atom is -0.340 e. The first kappa shape index (κ1) is 20.5. The Hall–Kier alpha value is -2.78. The highest BCUT2D eigenvalue weighted by Gasteiger charge is 2.33. The van der Waals surface area contributed by atoms with Crippen molar-refractivity contribution in [1.29, 1.82) is 0 Å². The molecule has 1 aliphatic rings. The van der Waals surface area contributed by atoms with Crippen molar-refractivity contribution >= 4 is 21.5 Å². The van der Waals surface area contributed by atoms with Crippen LogP contribution in [0.15, 0.2) is 48.0 Å². The lowest BCUT2D eigenvalue weighted by Gasteiger charge is -2.31. The summed E-state index contributed by atoms with van der Waals surface area (Å²) in [6.07, 6.45) is 6.49. The third-order valence-corrected chi connectivity index (χ3v) is 7.08. The number of piperidine rings is 1. The number of aryl methyl sites for hydroxylation is 3. The molecular formula is C21H26N6O2S. The van der Waals surface area contributed by atoms with Gasteiger partial charge in [-0.25, -0.2) is 18.4 Å². The molecule has 1 saturated heterocycles. The van der Waals surface area contributed by atoms with E-state index in [0.717, 1.165) is 41.3 Å². The Morgan fingerprint density at radius 1 is 1.20 bits per heavy atom. The molecule has 1 aliphatic heterocycles. The zero-order chi connectivity index (χ0) is 21.3. The van der Waals surface area contributed by atoms with E-state index >= 15 is 0 Å². The molecule has 0 unspecified atom stereocenters. The summed E-state index contributed by atoms with van der Waals surface area (Å²) in [5.74, 6) is 0.833. The van der Waals surface area contributed by atoms with Gasteiger partial charge < -0.3 is 9.88 Å². The first-order chi connectivity index (χ1) is 14.3. The quantitative estimate of drug-likeness (QED) is 0.674. The van der Waals surface area contributed by atoms with Gasteiger partial charge in [-0.3, -0.25) is 4.98 Å². The Labute approximate surface area is 177 Å². The van der Waals surface area contributed by atoms with Crippen molar-refractivity contribution in [2.75, 3.05) is 18.4 Å². The molecule has 1 fully saturated rings. The van der Waals surface area contributed by atoms with E-state index in [4.69, 9.17) is 4.98 Å². The number of rotatable bonds is 5. The Bertz CT molecular complexity index is 1160. The fourth-order valence-corrected chi connectivity index (χ4v) is 5.28. The van der Waals surface area contributed by atoms with Gasteiger partial charge in [-0.2, -0.15) is 4.31 Å². The van der Waals surface area contributed by atoms with Crippen LogP contribution >= 0.6 is 0 Å². The largest absolute Gasteiger partial charge is 0.340 e. The molecule has 3 aromatic heterocycles. The molecule has 3 aromatic rings. The molecule has 30 heavy (non-hydrogen) atoms. The first-order valence-corrected chi connectivity index (χ1v) is 11.4. The lowest BCUT2D eigenvalue weighted by Crippen LogP contribution is -2.39. The summed E-state index contributed by atoms with van der Waals surface area (Å²) in [5, 5.41) is 3.46. The average molecular weight is 427 g/mol. The molecule has 0 saturated carbocycles. The number of imidazole rings is 1. The van der Waals surface area contributed by atoms with Crippen LogP contribution in [0.2, 0.25) is 0 Å². The normalized spacial score (nSPS) is 17.8. The second kappa shape index (κ2) is 8.16. The lowest BCUT2D eigenvalue weighted by atomic mass is 9.95. The Morgan fingerprint density at radius 2 is 2.03 bits per heavy atom. The van der Waals surface area contributed by atoms with E-state index in [0.29, 0.717) is 13.1 Å². The molecule has 0 radical (unpaired) electrons. The molecular weight excluding hydrogens is 400 g/mol. The maximum atomic E-state index is 13.0. The van der Waals surface area contributed by atoms with Crippen LogP contribution in [0.1, 0.15) is 35.7 Å². The molecule has 0 aromatic carbocycles. The molecule has 158 valence electrons. The SMILES string of the molecule is Cc1cc(Nc2ncccc2C)cc([C@@H]2CCCN(S(=O)(=O)c3cn(C)cn3)C2)n1. The average Bonchev–Trinajstić information content (AvgIpc) is 3.17. The Kier molecular flexibility index (Phi) is 5.57. The van der Waals surface area contributed by atoms with Crippen LogP contribution in [-0.2, 0) is 17.1 Å². The molecule has 0 bridgehead atoms. The highest BCUT2D eigenvalue weighted by Crippen LogP contribution is 2.31. The van der Waals surface area contributed by atoms with Gasteiger partial charge in [-0.15, -0.1) is 0 Å². The number of nitrogens with one attached hydrogen (secondary N) is 1. The van der Waals surface area contributed by atoms with Gasteiger partial charge in [-0.05, 0) is 50.5 Å². The number of nitrogens with zero attached hydrogens (tertiary/aromatic N) is 5. The fourth-order valence-electron chi connectivity index (χ4n) is 3.79. The maximum absolute atomic E-state index is 13.0. The van der Waals surface area contributed by atoms with Gasteiger partial charge in [0.15, 0.2) is 5.03 Å². The summed E-state index contributed by atoms with van der Waals surface area (Å²) < 4.78 is 29.2. The van der Waals surface area contributed by atoms with Gasteiger partial charge in [0, 0.05) is 55.5 Å². The molecule has 0 spiro atoms. The standard InChI is InChI=1S/C21H26N6O2S/c1-15-6-4-8-22-21(15)25-18-10-16(2)24-19(11-18)17-7-5-9-27(12-17)30(28,29)20-13-26(3)14-23-20/h4,6,8,10-11,13-14,17H,5,7,9,12H2,1-3H3,(H,22,24,25)/t17-/m1/s1. The van der Waals surface area contributed by atoms with E-state index in [1.54, 1.807) is 24.0 Å². The monoisotopic (exact) mass is 426 g/mol. The second-order valence-electron chi connectivity index (χ2n) is 7.80. The Balaban J connectivity index is 1.58. The summed E-state index contributed by atoms with van der Waals surface area (Å²) in [6, 6.07) is 7.89. The van der Waals surface area contributed by atoms with Crippen LogP contribution in [0, 0.1) is 13.8 Å². The van der Waals surface area contributed by atoms with Crippen LogP contribution < -0.4 is 5.32 Å². The van der Waals surface area contributed by atoms with Crippen LogP contribution in [0.25, 0.3) is 0 Å². The van der Waals surface area contributed by atoms with Crippen molar-refractivity contribution in [2.24, 2.45) is 7.05 Å². The third-order valence-electron chi connectivity index (χ3n) is 5.33. The van der Waals surface area contributed by atoms with E-state index in [9.17, 15) is 8.42 Å². The van der Waals surface area contributed by atoms with Gasteiger partial charge in [0.25, 0.3) is 10.0 Å². The van der Waals surface area contributed by atoms with Gasteiger partial charge in [0.05, 0.1) is 6.33 Å². The number of hydrogen-bond donors (Lipinski definition) is 1. The van der Waals surface area contributed by atoms with Gasteiger partial charge >= 0.3 is 0 Å². The minimum absolute atomic E-state index is 0.0301. The van der Waals surface area contributed by atoms with Gasteiger partial charge in [-0.1, -0.05) is 6.07 Å². The lowest BCUT2D eigenvalue weighted by molar-refractivity contribution is 0.312. The van der Waals surface area contributed by atoms with Crippen molar-refractivity contribution in [3.63, 3.8) is 0 Å². The highest BCUT2D eigenvalue weighted by atomic mass is 32.2. The number of sulfonamides is 1. The molecule has 4 heterocycles. The topological polar surface area (TPSA) is 93.0 Å². The zero-order valence-electron chi connectivity index (χ0n) is 17.4. The molecule has 8 nitrogen and oxygen atoms in total. The van der Waals surface area contributed by atoms with E-state index in [1.807, 2.05) is 38.1 Å². The van der Waals surface area contributed by atoms with Crippen molar-refractivity contribution in [3.05, 3.63) is 59.9 Å². The van der Waals surface area contributed by atoms with Gasteiger partial charge in [0.1, 0.15) is 5.82 Å². The predicted octanol–water partition coefficient (Wildman–Crippen LogP) is 3.14. The Morgan fingerprint density at radius 3 is 2.77 bits per heavy atom. The van der Waals surface area contributed by atoms with Crippen LogP contribution in [0.3, 0.4) is 0 Å². The highest BCUT2D eigenvalue weighted by molar-refractivity contribution is 7.89. The number of aromatic nitrogens is 4. The molecule has 1 N–H and O–H groups in total. The van der Waals surface area contributed by atoms with E-state index in [2.05, 4.69) is 15.3 Å². The van der Waals surface area contributed by atoms with Crippen molar-refractivity contribution in [2.45, 2.75) is 37.6 Å². The fraction of sp³-hybridized carbons (Fsp3) is 0.381. The molecule has 4 rings (SSSR count). The smallest absolute Gasteiger partial charge is 0.262 e. The van der Waals surface area contributed by atoms with E-state index < -0.39 is 10.0 Å². The number of pyridine rings is 2. The molecule has 0 aliphatic carbocycles.